The highest BCUT2D eigenvalue weighted by Gasteiger charge is 2.27. The predicted octanol–water partition coefficient (Wildman–Crippen LogP) is 1.16. The summed E-state index contributed by atoms with van der Waals surface area (Å²) >= 11 is 0. The Balaban J connectivity index is 1.85. The number of Topliss-reactive ketones (excluding diaryl/α,β-unsaturated/α-hetero) is 1. The molecule has 0 saturated carbocycles. The third-order valence-corrected chi connectivity index (χ3v) is 2.97. The monoisotopic (exact) mass is 235 g/mol. The summed E-state index contributed by atoms with van der Waals surface area (Å²) in [7, 11) is 0. The summed E-state index contributed by atoms with van der Waals surface area (Å²) in [5, 5.41) is 18.7. The molecule has 1 saturated heterocycles. The highest BCUT2D eigenvalue weighted by atomic mass is 16.3. The third kappa shape index (κ3) is 3.20. The Bertz CT molecular complexity index is 404. The smallest absolute Gasteiger partial charge is 0.143 e. The van der Waals surface area contributed by atoms with Crippen LogP contribution in [0, 0.1) is 5.92 Å². The first-order valence-corrected chi connectivity index (χ1v) is 5.76. The van der Waals surface area contributed by atoms with Crippen LogP contribution in [0.3, 0.4) is 0 Å². The number of hydrogen-bond donors (Lipinski definition) is 2. The van der Waals surface area contributed by atoms with E-state index in [0.29, 0.717) is 12.5 Å². The number of phenolic OH excluding ortho intramolecular Hbond substituents is 2. The zero-order valence-corrected chi connectivity index (χ0v) is 9.89. The van der Waals surface area contributed by atoms with Crippen molar-refractivity contribution in [2.45, 2.75) is 13.3 Å². The second kappa shape index (κ2) is 4.75. The van der Waals surface area contributed by atoms with Gasteiger partial charge in [-0.05, 0) is 37.0 Å². The number of nitrogens with zero attached hydrogens (tertiary/aromatic N) is 1. The van der Waals surface area contributed by atoms with E-state index in [1.54, 1.807) is 19.1 Å². The number of ketones is 1. The van der Waals surface area contributed by atoms with Crippen molar-refractivity contribution in [2.75, 3.05) is 19.6 Å². The van der Waals surface area contributed by atoms with Crippen molar-refractivity contribution in [3.05, 3.63) is 23.8 Å². The van der Waals surface area contributed by atoms with Crippen LogP contribution in [0.1, 0.15) is 12.5 Å². The van der Waals surface area contributed by atoms with E-state index in [4.69, 9.17) is 0 Å². The number of rotatable bonds is 4. The van der Waals surface area contributed by atoms with E-state index in [9.17, 15) is 15.0 Å². The minimum Gasteiger partial charge on any atom is -0.508 e. The Hall–Kier alpha value is -1.55. The van der Waals surface area contributed by atoms with Crippen LogP contribution >= 0.6 is 0 Å². The summed E-state index contributed by atoms with van der Waals surface area (Å²) in [5.74, 6) is 0.897. The summed E-state index contributed by atoms with van der Waals surface area (Å²) in [5.41, 5.74) is 0.940. The number of carbonyl (C=O) groups excluding carboxylic acids is 1. The molecule has 1 aliphatic heterocycles. The molecule has 4 heteroatoms. The number of carbonyl (C=O) groups is 1. The summed E-state index contributed by atoms with van der Waals surface area (Å²) in [4.78, 5) is 13.0. The molecule has 1 fully saturated rings. The number of benzene rings is 1. The molecule has 2 rings (SSSR count). The highest BCUT2D eigenvalue weighted by Crippen LogP contribution is 2.25. The van der Waals surface area contributed by atoms with E-state index < -0.39 is 0 Å². The Labute approximate surface area is 100 Å². The molecule has 0 atom stereocenters. The van der Waals surface area contributed by atoms with Crippen molar-refractivity contribution >= 4 is 5.78 Å². The lowest BCUT2D eigenvalue weighted by Crippen LogP contribution is -2.49. The van der Waals surface area contributed by atoms with Gasteiger partial charge in [-0.1, -0.05) is 0 Å². The quantitative estimate of drug-likeness (QED) is 0.822. The molecular formula is C13H17NO3. The van der Waals surface area contributed by atoms with Gasteiger partial charge in [0, 0.05) is 19.2 Å². The van der Waals surface area contributed by atoms with Crippen molar-refractivity contribution in [1.29, 1.82) is 0 Å². The third-order valence-electron chi connectivity index (χ3n) is 2.97. The molecule has 0 bridgehead atoms. The molecule has 92 valence electrons. The molecule has 1 heterocycles. The Morgan fingerprint density at radius 2 is 1.88 bits per heavy atom. The average molecular weight is 235 g/mol. The lowest BCUT2D eigenvalue weighted by atomic mass is 9.92. The molecular weight excluding hydrogens is 218 g/mol. The van der Waals surface area contributed by atoms with Crippen LogP contribution in [0.5, 0.6) is 11.5 Å². The van der Waals surface area contributed by atoms with Gasteiger partial charge in [0.25, 0.3) is 0 Å². The molecule has 0 aromatic heterocycles. The van der Waals surface area contributed by atoms with Gasteiger partial charge in [-0.3, -0.25) is 9.69 Å². The van der Waals surface area contributed by atoms with Crippen LogP contribution in [0.4, 0.5) is 0 Å². The summed E-state index contributed by atoms with van der Waals surface area (Å²) < 4.78 is 0. The minimum atomic E-state index is 0.0971. The Morgan fingerprint density at radius 3 is 2.41 bits per heavy atom. The summed E-state index contributed by atoms with van der Waals surface area (Å²) in [6.45, 7) is 3.95. The second-order valence-corrected chi connectivity index (χ2v) is 4.82. The van der Waals surface area contributed by atoms with E-state index in [2.05, 4.69) is 4.90 Å². The zero-order chi connectivity index (χ0) is 12.4. The minimum absolute atomic E-state index is 0.0971. The first-order valence-electron chi connectivity index (χ1n) is 5.76. The van der Waals surface area contributed by atoms with Crippen molar-refractivity contribution < 1.29 is 15.0 Å². The number of phenols is 2. The van der Waals surface area contributed by atoms with Gasteiger partial charge < -0.3 is 10.2 Å². The largest absolute Gasteiger partial charge is 0.508 e. The lowest BCUT2D eigenvalue weighted by Gasteiger charge is -2.38. The van der Waals surface area contributed by atoms with Gasteiger partial charge in [0.05, 0.1) is 6.54 Å². The first kappa shape index (κ1) is 11.9. The molecule has 0 spiro atoms. The molecule has 0 radical (unpaired) electrons. The Morgan fingerprint density at radius 1 is 1.29 bits per heavy atom. The molecule has 0 unspecified atom stereocenters. The SMILES string of the molecule is CC(=O)CN1CC(Cc2cc(O)cc(O)c2)C1. The highest BCUT2D eigenvalue weighted by molar-refractivity contribution is 5.77. The summed E-state index contributed by atoms with van der Waals surface area (Å²) in [6, 6.07) is 4.67. The maximum atomic E-state index is 10.9. The fraction of sp³-hybridized carbons (Fsp3) is 0.462. The predicted molar refractivity (Wildman–Crippen MR) is 64.1 cm³/mol. The van der Waals surface area contributed by atoms with Gasteiger partial charge in [0.2, 0.25) is 0 Å². The fourth-order valence-electron chi connectivity index (χ4n) is 2.36. The standard InChI is InChI=1S/C13H17NO3/c1-9(15)6-14-7-11(8-14)2-10-3-12(16)5-13(17)4-10/h3-5,11,16-17H,2,6-8H2,1H3. The van der Waals surface area contributed by atoms with E-state index in [-0.39, 0.29) is 17.3 Å². The van der Waals surface area contributed by atoms with Crippen LogP contribution in [0.15, 0.2) is 18.2 Å². The number of aromatic hydroxyl groups is 2. The van der Waals surface area contributed by atoms with Crippen LogP contribution in [-0.4, -0.2) is 40.5 Å². The van der Waals surface area contributed by atoms with E-state index >= 15 is 0 Å². The maximum absolute atomic E-state index is 10.9. The molecule has 17 heavy (non-hydrogen) atoms. The van der Waals surface area contributed by atoms with E-state index in [1.807, 2.05) is 0 Å². The van der Waals surface area contributed by atoms with Gasteiger partial charge >= 0.3 is 0 Å². The molecule has 2 N–H and O–H groups in total. The van der Waals surface area contributed by atoms with Crippen LogP contribution in [0.25, 0.3) is 0 Å². The van der Waals surface area contributed by atoms with Crippen LogP contribution < -0.4 is 0 Å². The molecule has 1 aliphatic rings. The van der Waals surface area contributed by atoms with Gasteiger partial charge in [-0.2, -0.15) is 0 Å². The normalized spacial score (nSPS) is 16.8. The van der Waals surface area contributed by atoms with Crippen LogP contribution in [-0.2, 0) is 11.2 Å². The number of hydrogen-bond acceptors (Lipinski definition) is 4. The first-order chi connectivity index (χ1) is 8.02. The average Bonchev–Trinajstić information content (AvgIpc) is 2.11. The Kier molecular flexibility index (Phi) is 3.33. The second-order valence-electron chi connectivity index (χ2n) is 4.82. The number of likely N-dealkylation sites (tertiary alicyclic amines) is 1. The van der Waals surface area contributed by atoms with Gasteiger partial charge in [-0.25, -0.2) is 0 Å². The maximum Gasteiger partial charge on any atom is 0.143 e. The molecule has 0 amide bonds. The van der Waals surface area contributed by atoms with Crippen molar-refractivity contribution in [3.8, 4) is 11.5 Å². The molecule has 0 aliphatic carbocycles. The van der Waals surface area contributed by atoms with Crippen LogP contribution in [0.2, 0.25) is 0 Å². The molecule has 1 aromatic rings. The lowest BCUT2D eigenvalue weighted by molar-refractivity contribution is -0.119. The van der Waals surface area contributed by atoms with Gasteiger partial charge in [0.1, 0.15) is 17.3 Å². The van der Waals surface area contributed by atoms with Gasteiger partial charge in [0.15, 0.2) is 0 Å². The molecule has 4 nitrogen and oxygen atoms in total. The van der Waals surface area contributed by atoms with Crippen molar-refractivity contribution in [1.82, 2.24) is 4.90 Å². The zero-order valence-electron chi connectivity index (χ0n) is 9.89. The van der Waals surface area contributed by atoms with Crippen molar-refractivity contribution in [2.24, 2.45) is 5.92 Å². The van der Waals surface area contributed by atoms with Gasteiger partial charge in [-0.15, -0.1) is 0 Å². The molecule has 1 aromatic carbocycles. The fourth-order valence-corrected chi connectivity index (χ4v) is 2.36. The topological polar surface area (TPSA) is 60.8 Å². The summed E-state index contributed by atoms with van der Waals surface area (Å²) in [6.07, 6.45) is 0.830. The van der Waals surface area contributed by atoms with E-state index in [0.717, 1.165) is 25.1 Å². The van der Waals surface area contributed by atoms with E-state index in [1.165, 1.54) is 6.07 Å². The van der Waals surface area contributed by atoms with Crippen molar-refractivity contribution in [3.63, 3.8) is 0 Å².